The second-order valence-electron chi connectivity index (χ2n) is 6.35. The Morgan fingerprint density at radius 1 is 1.24 bits per heavy atom. The maximum atomic E-state index is 9.25. The molecule has 0 bridgehead atoms. The van der Waals surface area contributed by atoms with Crippen LogP contribution in [-0.2, 0) is 13.1 Å². The summed E-state index contributed by atoms with van der Waals surface area (Å²) in [5.41, 5.74) is 4.04. The van der Waals surface area contributed by atoms with Crippen LogP contribution in [0.25, 0.3) is 0 Å². The van der Waals surface area contributed by atoms with Crippen LogP contribution < -0.4 is 4.90 Å². The zero-order valence-corrected chi connectivity index (χ0v) is 14.8. The third-order valence-corrected chi connectivity index (χ3v) is 4.80. The van der Waals surface area contributed by atoms with Crippen molar-refractivity contribution in [1.29, 1.82) is 5.26 Å². The minimum Gasteiger partial charge on any atom is -0.394 e. The van der Waals surface area contributed by atoms with Gasteiger partial charge in [0.25, 0.3) is 0 Å². The van der Waals surface area contributed by atoms with Gasteiger partial charge in [-0.25, -0.2) is 4.98 Å². The Balaban J connectivity index is 1.65. The van der Waals surface area contributed by atoms with Crippen molar-refractivity contribution in [3.05, 3.63) is 40.8 Å². The van der Waals surface area contributed by atoms with E-state index in [1.54, 1.807) is 12.3 Å². The number of piperazine rings is 1. The Bertz CT molecular complexity index is 770. The van der Waals surface area contributed by atoms with E-state index in [4.69, 9.17) is 5.11 Å². The molecule has 0 saturated carbocycles. The summed E-state index contributed by atoms with van der Waals surface area (Å²) in [5, 5.41) is 22.9. The number of rotatable bonds is 5. The van der Waals surface area contributed by atoms with Crippen molar-refractivity contribution in [2.24, 2.45) is 0 Å². The van der Waals surface area contributed by atoms with Gasteiger partial charge in [-0.05, 0) is 26.0 Å². The summed E-state index contributed by atoms with van der Waals surface area (Å²) in [4.78, 5) is 8.98. The zero-order valence-electron chi connectivity index (χ0n) is 14.8. The lowest BCUT2D eigenvalue weighted by atomic mass is 10.1. The van der Waals surface area contributed by atoms with Crippen molar-refractivity contribution in [3.63, 3.8) is 0 Å². The number of nitriles is 1. The molecule has 1 aliphatic rings. The van der Waals surface area contributed by atoms with Crippen molar-refractivity contribution in [2.45, 2.75) is 26.9 Å². The van der Waals surface area contributed by atoms with Crippen LogP contribution in [0.15, 0.2) is 18.3 Å². The summed E-state index contributed by atoms with van der Waals surface area (Å²) < 4.78 is 1.88. The first kappa shape index (κ1) is 17.4. The van der Waals surface area contributed by atoms with Crippen LogP contribution in [0.4, 0.5) is 5.82 Å². The first-order chi connectivity index (χ1) is 12.1. The molecule has 0 spiro atoms. The molecular weight excluding hydrogens is 316 g/mol. The number of hydrogen-bond donors (Lipinski definition) is 1. The lowest BCUT2D eigenvalue weighted by molar-refractivity contribution is 0.247. The second-order valence-corrected chi connectivity index (χ2v) is 6.35. The number of nitrogens with zero attached hydrogens (tertiary/aromatic N) is 6. The molecule has 2 aromatic heterocycles. The number of pyridine rings is 1. The maximum Gasteiger partial charge on any atom is 0.146 e. The smallest absolute Gasteiger partial charge is 0.146 e. The monoisotopic (exact) mass is 340 g/mol. The molecule has 0 aromatic carbocycles. The maximum absolute atomic E-state index is 9.25. The third kappa shape index (κ3) is 3.65. The van der Waals surface area contributed by atoms with Gasteiger partial charge in [0.15, 0.2) is 0 Å². The molecular formula is C18H24N6O. The van der Waals surface area contributed by atoms with E-state index in [0.29, 0.717) is 12.1 Å². The Labute approximate surface area is 148 Å². The minimum atomic E-state index is 0.103. The van der Waals surface area contributed by atoms with E-state index in [1.165, 1.54) is 5.56 Å². The molecule has 1 aliphatic heterocycles. The quantitative estimate of drug-likeness (QED) is 0.877. The molecule has 0 aliphatic carbocycles. The van der Waals surface area contributed by atoms with Gasteiger partial charge in [-0.15, -0.1) is 0 Å². The molecule has 0 atom stereocenters. The van der Waals surface area contributed by atoms with Gasteiger partial charge in [-0.2, -0.15) is 10.4 Å². The van der Waals surface area contributed by atoms with Crippen LogP contribution in [0, 0.1) is 25.2 Å². The van der Waals surface area contributed by atoms with Crippen molar-refractivity contribution >= 4 is 5.82 Å². The highest BCUT2D eigenvalue weighted by molar-refractivity contribution is 5.53. The predicted octanol–water partition coefficient (Wildman–Crippen LogP) is 1.08. The van der Waals surface area contributed by atoms with E-state index >= 15 is 0 Å². The average molecular weight is 340 g/mol. The summed E-state index contributed by atoms with van der Waals surface area (Å²) in [6.45, 7) is 9.15. The molecule has 1 N–H and O–H groups in total. The summed E-state index contributed by atoms with van der Waals surface area (Å²) >= 11 is 0. The van der Waals surface area contributed by atoms with Crippen molar-refractivity contribution in [3.8, 4) is 6.07 Å². The van der Waals surface area contributed by atoms with E-state index in [0.717, 1.165) is 49.9 Å². The van der Waals surface area contributed by atoms with Gasteiger partial charge >= 0.3 is 0 Å². The van der Waals surface area contributed by atoms with Gasteiger partial charge in [0, 0.05) is 50.2 Å². The summed E-state index contributed by atoms with van der Waals surface area (Å²) in [6.07, 6.45) is 1.74. The average Bonchev–Trinajstić information content (AvgIpc) is 2.90. The van der Waals surface area contributed by atoms with Crippen LogP contribution in [0.5, 0.6) is 0 Å². The highest BCUT2D eigenvalue weighted by Gasteiger charge is 2.22. The second kappa shape index (κ2) is 7.64. The van der Waals surface area contributed by atoms with Gasteiger partial charge in [-0.3, -0.25) is 9.58 Å². The van der Waals surface area contributed by atoms with E-state index in [-0.39, 0.29) is 6.61 Å². The van der Waals surface area contributed by atoms with Gasteiger partial charge in [0.05, 0.1) is 24.4 Å². The van der Waals surface area contributed by atoms with E-state index in [9.17, 15) is 5.26 Å². The standard InChI is InChI=1S/C18H24N6O/c1-14-17(15(2)24(21-14)10-11-25)13-22-6-8-23(9-7-22)18-16(12-19)4-3-5-20-18/h3-5,25H,6-11,13H2,1-2H3. The molecule has 2 aromatic rings. The minimum absolute atomic E-state index is 0.103. The molecule has 132 valence electrons. The third-order valence-electron chi connectivity index (χ3n) is 4.80. The van der Waals surface area contributed by atoms with Gasteiger partial charge in [0.2, 0.25) is 0 Å². The van der Waals surface area contributed by atoms with Gasteiger partial charge in [-0.1, -0.05) is 0 Å². The Morgan fingerprint density at radius 3 is 2.68 bits per heavy atom. The number of hydrogen-bond acceptors (Lipinski definition) is 6. The van der Waals surface area contributed by atoms with Crippen LogP contribution in [0.2, 0.25) is 0 Å². The number of aromatic nitrogens is 3. The fourth-order valence-electron chi connectivity index (χ4n) is 3.35. The number of anilines is 1. The molecule has 0 radical (unpaired) electrons. The Morgan fingerprint density at radius 2 is 2.00 bits per heavy atom. The first-order valence-corrected chi connectivity index (χ1v) is 8.60. The number of aliphatic hydroxyl groups is 1. The van der Waals surface area contributed by atoms with Crippen LogP contribution in [0.3, 0.4) is 0 Å². The highest BCUT2D eigenvalue weighted by Crippen LogP contribution is 2.20. The normalized spacial score (nSPS) is 15.4. The fourth-order valence-corrected chi connectivity index (χ4v) is 3.35. The first-order valence-electron chi connectivity index (χ1n) is 8.60. The van der Waals surface area contributed by atoms with E-state index < -0.39 is 0 Å². The molecule has 25 heavy (non-hydrogen) atoms. The van der Waals surface area contributed by atoms with Crippen LogP contribution in [-0.4, -0.2) is 57.6 Å². The summed E-state index contributed by atoms with van der Waals surface area (Å²) in [5.74, 6) is 0.785. The molecule has 1 fully saturated rings. The summed E-state index contributed by atoms with van der Waals surface area (Å²) in [6, 6.07) is 5.84. The molecule has 7 heteroatoms. The van der Waals surface area contributed by atoms with Crippen LogP contribution in [0.1, 0.15) is 22.5 Å². The molecule has 0 unspecified atom stereocenters. The lowest BCUT2D eigenvalue weighted by Gasteiger charge is -2.35. The van der Waals surface area contributed by atoms with Crippen molar-refractivity contribution in [1.82, 2.24) is 19.7 Å². The van der Waals surface area contributed by atoms with E-state index in [1.807, 2.05) is 17.7 Å². The van der Waals surface area contributed by atoms with Crippen molar-refractivity contribution in [2.75, 3.05) is 37.7 Å². The summed E-state index contributed by atoms with van der Waals surface area (Å²) in [7, 11) is 0. The molecule has 3 rings (SSSR count). The SMILES string of the molecule is Cc1nn(CCO)c(C)c1CN1CCN(c2ncccc2C#N)CC1. The number of aryl methyl sites for hydroxylation is 1. The van der Waals surface area contributed by atoms with Gasteiger partial charge in [0.1, 0.15) is 11.9 Å². The Hall–Kier alpha value is -2.43. The molecule has 3 heterocycles. The van der Waals surface area contributed by atoms with Gasteiger partial charge < -0.3 is 10.0 Å². The lowest BCUT2D eigenvalue weighted by Crippen LogP contribution is -2.46. The largest absolute Gasteiger partial charge is 0.394 e. The molecule has 7 nitrogen and oxygen atoms in total. The predicted molar refractivity (Wildman–Crippen MR) is 95.2 cm³/mol. The topological polar surface area (TPSA) is 81.2 Å². The Kier molecular flexibility index (Phi) is 5.31. The van der Waals surface area contributed by atoms with E-state index in [2.05, 4.69) is 32.9 Å². The zero-order chi connectivity index (χ0) is 17.8. The van der Waals surface area contributed by atoms with Crippen LogP contribution >= 0.6 is 0 Å². The van der Waals surface area contributed by atoms with Crippen molar-refractivity contribution < 1.29 is 5.11 Å². The molecule has 0 amide bonds. The highest BCUT2D eigenvalue weighted by atomic mass is 16.3. The molecule has 1 saturated heterocycles. The fraction of sp³-hybridized carbons (Fsp3) is 0.500. The number of aliphatic hydroxyl groups excluding tert-OH is 1.